The first-order valence-corrected chi connectivity index (χ1v) is 5.24. The van der Waals surface area contributed by atoms with Crippen molar-refractivity contribution in [3.05, 3.63) is 35.1 Å². The van der Waals surface area contributed by atoms with Crippen LogP contribution in [0.5, 0.6) is 0 Å². The molecule has 0 saturated carbocycles. The van der Waals surface area contributed by atoms with Crippen LogP contribution in [0.2, 0.25) is 0 Å². The molecule has 1 atom stereocenters. The van der Waals surface area contributed by atoms with E-state index in [2.05, 4.69) is 10.6 Å². The number of hydrogen-bond acceptors (Lipinski definition) is 2. The van der Waals surface area contributed by atoms with Crippen LogP contribution >= 0.6 is 0 Å². The lowest BCUT2D eigenvalue weighted by Crippen LogP contribution is -2.40. The highest BCUT2D eigenvalue weighted by molar-refractivity contribution is 5.80. The summed E-state index contributed by atoms with van der Waals surface area (Å²) in [6.45, 7) is 4.06. The Balaban J connectivity index is 2.55. The van der Waals surface area contributed by atoms with E-state index in [0.717, 1.165) is 5.56 Å². The van der Waals surface area contributed by atoms with Crippen LogP contribution in [0.1, 0.15) is 18.1 Å². The van der Waals surface area contributed by atoms with Gasteiger partial charge in [-0.3, -0.25) is 4.79 Å². The lowest BCUT2D eigenvalue weighted by Gasteiger charge is -2.12. The number of aryl methyl sites for hydroxylation is 1. The molecule has 2 N–H and O–H groups in total. The number of carbonyl (C=O) groups excluding carboxylic acids is 1. The minimum absolute atomic E-state index is 0.0566. The van der Waals surface area contributed by atoms with Crippen LogP contribution in [-0.2, 0) is 11.3 Å². The fraction of sp³-hybridized carbons (Fsp3) is 0.417. The van der Waals surface area contributed by atoms with Gasteiger partial charge in [-0.2, -0.15) is 0 Å². The predicted octanol–water partition coefficient (Wildman–Crippen LogP) is 1.36. The van der Waals surface area contributed by atoms with Crippen molar-refractivity contribution in [3.63, 3.8) is 0 Å². The van der Waals surface area contributed by atoms with Gasteiger partial charge >= 0.3 is 0 Å². The standard InChI is InChI=1S/C12H17FN2O/c1-8-6-10(4-5-11(8)13)7-15-9(2)12(16)14-3/h4-6,9,15H,7H2,1-3H3,(H,14,16)/t9-/m1/s1. The minimum Gasteiger partial charge on any atom is -0.358 e. The van der Waals surface area contributed by atoms with E-state index in [9.17, 15) is 9.18 Å². The molecular formula is C12H17FN2O. The van der Waals surface area contributed by atoms with E-state index >= 15 is 0 Å². The summed E-state index contributed by atoms with van der Waals surface area (Å²) in [7, 11) is 1.60. The van der Waals surface area contributed by atoms with E-state index in [1.54, 1.807) is 33.0 Å². The number of benzene rings is 1. The molecule has 0 radical (unpaired) electrons. The molecule has 0 fully saturated rings. The molecule has 0 aromatic heterocycles. The monoisotopic (exact) mass is 224 g/mol. The lowest BCUT2D eigenvalue weighted by atomic mass is 10.1. The second-order valence-corrected chi connectivity index (χ2v) is 3.80. The van der Waals surface area contributed by atoms with Crippen LogP contribution in [0.15, 0.2) is 18.2 Å². The fourth-order valence-electron chi connectivity index (χ4n) is 1.40. The molecule has 1 aromatic carbocycles. The number of likely N-dealkylation sites (N-methyl/N-ethyl adjacent to an activating group) is 1. The largest absolute Gasteiger partial charge is 0.358 e. The number of halogens is 1. The molecule has 1 rings (SSSR count). The van der Waals surface area contributed by atoms with Crippen LogP contribution in [0.4, 0.5) is 4.39 Å². The van der Waals surface area contributed by atoms with Gasteiger partial charge in [-0.05, 0) is 31.0 Å². The van der Waals surface area contributed by atoms with Crippen LogP contribution in [-0.4, -0.2) is 19.0 Å². The van der Waals surface area contributed by atoms with Crippen molar-refractivity contribution in [2.75, 3.05) is 7.05 Å². The number of amides is 1. The summed E-state index contributed by atoms with van der Waals surface area (Å²) >= 11 is 0. The van der Waals surface area contributed by atoms with E-state index < -0.39 is 0 Å². The van der Waals surface area contributed by atoms with E-state index in [1.165, 1.54) is 6.07 Å². The zero-order valence-corrected chi connectivity index (χ0v) is 9.80. The van der Waals surface area contributed by atoms with Gasteiger partial charge in [0.25, 0.3) is 0 Å². The molecule has 0 aliphatic heterocycles. The average Bonchev–Trinajstić information content (AvgIpc) is 2.29. The van der Waals surface area contributed by atoms with Gasteiger partial charge in [0.15, 0.2) is 0 Å². The second kappa shape index (κ2) is 5.61. The summed E-state index contributed by atoms with van der Waals surface area (Å²) in [5.74, 6) is -0.262. The molecule has 3 nitrogen and oxygen atoms in total. The van der Waals surface area contributed by atoms with Crippen molar-refractivity contribution < 1.29 is 9.18 Å². The Labute approximate surface area is 95.0 Å². The molecule has 0 bridgehead atoms. The molecule has 0 aliphatic rings. The Hall–Kier alpha value is -1.42. The first kappa shape index (κ1) is 12.6. The highest BCUT2D eigenvalue weighted by atomic mass is 19.1. The Morgan fingerprint density at radius 3 is 2.75 bits per heavy atom. The molecular weight excluding hydrogens is 207 g/mol. The zero-order chi connectivity index (χ0) is 12.1. The fourth-order valence-corrected chi connectivity index (χ4v) is 1.40. The van der Waals surface area contributed by atoms with Crippen LogP contribution in [0, 0.1) is 12.7 Å². The topological polar surface area (TPSA) is 41.1 Å². The molecule has 0 saturated heterocycles. The smallest absolute Gasteiger partial charge is 0.236 e. The first-order chi connectivity index (χ1) is 7.54. The SMILES string of the molecule is CNC(=O)[C@@H](C)NCc1ccc(F)c(C)c1. The van der Waals surface area contributed by atoms with E-state index in [4.69, 9.17) is 0 Å². The van der Waals surface area contributed by atoms with Gasteiger partial charge in [0.05, 0.1) is 6.04 Å². The Bertz CT molecular complexity index is 379. The summed E-state index contributed by atoms with van der Waals surface area (Å²) in [6, 6.07) is 4.68. The van der Waals surface area contributed by atoms with Gasteiger partial charge in [-0.1, -0.05) is 12.1 Å². The van der Waals surface area contributed by atoms with Crippen molar-refractivity contribution in [2.45, 2.75) is 26.4 Å². The maximum absolute atomic E-state index is 13.0. The third kappa shape index (κ3) is 3.31. The molecule has 1 amide bonds. The zero-order valence-electron chi connectivity index (χ0n) is 9.80. The quantitative estimate of drug-likeness (QED) is 0.810. The first-order valence-electron chi connectivity index (χ1n) is 5.24. The molecule has 1 aromatic rings. The minimum atomic E-state index is -0.254. The molecule has 0 unspecified atom stereocenters. The molecule has 4 heteroatoms. The Morgan fingerprint density at radius 2 is 2.19 bits per heavy atom. The van der Waals surface area contributed by atoms with Crippen molar-refractivity contribution in [2.24, 2.45) is 0 Å². The van der Waals surface area contributed by atoms with E-state index in [-0.39, 0.29) is 17.8 Å². The van der Waals surface area contributed by atoms with Gasteiger partial charge in [0, 0.05) is 13.6 Å². The third-order valence-electron chi connectivity index (χ3n) is 2.47. The Morgan fingerprint density at radius 1 is 1.50 bits per heavy atom. The lowest BCUT2D eigenvalue weighted by molar-refractivity contribution is -0.122. The second-order valence-electron chi connectivity index (χ2n) is 3.80. The number of hydrogen-bond donors (Lipinski definition) is 2. The van der Waals surface area contributed by atoms with E-state index in [0.29, 0.717) is 12.1 Å². The average molecular weight is 224 g/mol. The van der Waals surface area contributed by atoms with Gasteiger partial charge in [-0.25, -0.2) is 4.39 Å². The highest BCUT2D eigenvalue weighted by Gasteiger charge is 2.09. The maximum Gasteiger partial charge on any atom is 0.236 e. The third-order valence-corrected chi connectivity index (χ3v) is 2.47. The van der Waals surface area contributed by atoms with Gasteiger partial charge in [0.1, 0.15) is 5.82 Å². The van der Waals surface area contributed by atoms with Crippen LogP contribution in [0.25, 0.3) is 0 Å². The summed E-state index contributed by atoms with van der Waals surface area (Å²) in [4.78, 5) is 11.2. The number of nitrogens with one attached hydrogen (secondary N) is 2. The Kier molecular flexibility index (Phi) is 4.43. The molecule has 16 heavy (non-hydrogen) atoms. The molecule has 0 aliphatic carbocycles. The highest BCUT2D eigenvalue weighted by Crippen LogP contribution is 2.09. The number of rotatable bonds is 4. The van der Waals surface area contributed by atoms with E-state index in [1.807, 2.05) is 0 Å². The normalized spacial score (nSPS) is 12.2. The summed E-state index contributed by atoms with van der Waals surface area (Å²) in [6.07, 6.45) is 0. The maximum atomic E-state index is 13.0. The van der Waals surface area contributed by atoms with Gasteiger partial charge < -0.3 is 10.6 Å². The summed E-state index contributed by atoms with van der Waals surface area (Å²) in [5, 5.41) is 5.62. The van der Waals surface area contributed by atoms with Crippen LogP contribution < -0.4 is 10.6 Å². The summed E-state index contributed by atoms with van der Waals surface area (Å²) < 4.78 is 13.0. The van der Waals surface area contributed by atoms with Gasteiger partial charge in [0.2, 0.25) is 5.91 Å². The summed E-state index contributed by atoms with van der Waals surface area (Å²) in [5.41, 5.74) is 1.58. The van der Waals surface area contributed by atoms with Crippen LogP contribution in [0.3, 0.4) is 0 Å². The number of carbonyl (C=O) groups is 1. The van der Waals surface area contributed by atoms with Crippen molar-refractivity contribution >= 4 is 5.91 Å². The molecule has 0 spiro atoms. The van der Waals surface area contributed by atoms with Gasteiger partial charge in [-0.15, -0.1) is 0 Å². The molecule has 0 heterocycles. The van der Waals surface area contributed by atoms with Crippen molar-refractivity contribution in [1.29, 1.82) is 0 Å². The predicted molar refractivity (Wildman–Crippen MR) is 61.5 cm³/mol. The van der Waals surface area contributed by atoms with Crippen molar-refractivity contribution in [3.8, 4) is 0 Å². The molecule has 88 valence electrons. The van der Waals surface area contributed by atoms with Crippen molar-refractivity contribution in [1.82, 2.24) is 10.6 Å².